The van der Waals surface area contributed by atoms with E-state index in [-0.39, 0.29) is 11.0 Å². The summed E-state index contributed by atoms with van der Waals surface area (Å²) in [7, 11) is 5.59. The molecule has 2 aromatic carbocycles. The first-order valence-electron chi connectivity index (χ1n) is 7.77. The molecule has 0 amide bonds. The minimum Gasteiger partial charge on any atom is -0.398 e. The van der Waals surface area contributed by atoms with Crippen LogP contribution < -0.4 is 16.8 Å². The van der Waals surface area contributed by atoms with Gasteiger partial charge in [0.2, 0.25) is 0 Å². The summed E-state index contributed by atoms with van der Waals surface area (Å²) in [6.45, 7) is 5.87. The zero-order chi connectivity index (χ0) is 17.9. The van der Waals surface area contributed by atoms with Gasteiger partial charge < -0.3 is 5.73 Å². The van der Waals surface area contributed by atoms with E-state index >= 15 is 0 Å². The lowest BCUT2D eigenvalue weighted by Gasteiger charge is -2.10. The van der Waals surface area contributed by atoms with E-state index in [0.29, 0.717) is 28.6 Å². The standard InChI is InChI=1S/C16H13BFN3O.C2H6/c1-8-2-4-10-14(15(8)19)13(20-21-16(10)22)7-9-3-5-12(18)11(17)6-9;1-2/h2-6H,7,19H2,1H3,(H,21,22);1-2H3. The number of fused-ring (bicyclic) bond motifs is 1. The maximum absolute atomic E-state index is 13.3. The Morgan fingerprint density at radius 2 is 1.96 bits per heavy atom. The number of H-pyrrole nitrogens is 1. The third-order valence-corrected chi connectivity index (χ3v) is 3.72. The zero-order valence-electron chi connectivity index (χ0n) is 14.0. The second-order valence-electron chi connectivity index (χ2n) is 5.25. The molecule has 0 aliphatic heterocycles. The number of aryl methyl sites for hydroxylation is 1. The highest BCUT2D eigenvalue weighted by atomic mass is 19.1. The van der Waals surface area contributed by atoms with E-state index in [1.54, 1.807) is 24.3 Å². The molecule has 24 heavy (non-hydrogen) atoms. The van der Waals surface area contributed by atoms with Gasteiger partial charge in [0.25, 0.3) is 5.56 Å². The fraction of sp³-hybridized carbons (Fsp3) is 0.222. The van der Waals surface area contributed by atoms with E-state index in [2.05, 4.69) is 10.2 Å². The number of aromatic nitrogens is 2. The molecule has 3 N–H and O–H groups in total. The molecule has 2 radical (unpaired) electrons. The van der Waals surface area contributed by atoms with Crippen molar-refractivity contribution in [1.29, 1.82) is 0 Å². The number of nitrogens with two attached hydrogens (primary N) is 1. The Hall–Kier alpha value is -2.63. The lowest BCUT2D eigenvalue weighted by molar-refractivity contribution is 0.635. The number of nitrogens with one attached hydrogen (secondary N) is 1. The molecule has 0 atom stereocenters. The summed E-state index contributed by atoms with van der Waals surface area (Å²) >= 11 is 0. The molecule has 122 valence electrons. The van der Waals surface area contributed by atoms with Crippen molar-refractivity contribution < 1.29 is 4.39 Å². The molecule has 1 heterocycles. The summed E-state index contributed by atoms with van der Waals surface area (Å²) in [5.74, 6) is -0.460. The topological polar surface area (TPSA) is 71.8 Å². The number of benzene rings is 2. The number of hydrogen-bond acceptors (Lipinski definition) is 3. The van der Waals surface area contributed by atoms with Crippen LogP contribution in [0.3, 0.4) is 0 Å². The fourth-order valence-corrected chi connectivity index (χ4v) is 2.48. The lowest BCUT2D eigenvalue weighted by Crippen LogP contribution is -2.14. The van der Waals surface area contributed by atoms with Gasteiger partial charge in [0, 0.05) is 17.5 Å². The van der Waals surface area contributed by atoms with Crippen molar-refractivity contribution in [2.75, 3.05) is 5.73 Å². The second kappa shape index (κ2) is 7.30. The van der Waals surface area contributed by atoms with Gasteiger partial charge in [-0.2, -0.15) is 5.10 Å². The molecular weight excluding hydrogens is 304 g/mol. The highest BCUT2D eigenvalue weighted by Crippen LogP contribution is 2.25. The number of halogens is 1. The fourth-order valence-electron chi connectivity index (χ4n) is 2.48. The van der Waals surface area contributed by atoms with Gasteiger partial charge in [0.1, 0.15) is 13.7 Å². The quantitative estimate of drug-likeness (QED) is 0.562. The molecular formula is C18H19BFN3O. The van der Waals surface area contributed by atoms with Crippen LogP contribution in [-0.2, 0) is 6.42 Å². The molecule has 0 bridgehead atoms. The number of nitrogen functional groups attached to an aromatic ring is 1. The van der Waals surface area contributed by atoms with Crippen LogP contribution in [0.1, 0.15) is 30.7 Å². The normalized spacial score (nSPS) is 10.3. The van der Waals surface area contributed by atoms with E-state index in [0.717, 1.165) is 11.1 Å². The van der Waals surface area contributed by atoms with Gasteiger partial charge in [-0.05, 0) is 30.2 Å². The zero-order valence-corrected chi connectivity index (χ0v) is 14.0. The van der Waals surface area contributed by atoms with Gasteiger partial charge in [-0.1, -0.05) is 37.5 Å². The Morgan fingerprint density at radius 1 is 1.25 bits per heavy atom. The second-order valence-corrected chi connectivity index (χ2v) is 5.25. The Bertz CT molecular complexity index is 937. The van der Waals surface area contributed by atoms with Gasteiger partial charge in [0.15, 0.2) is 0 Å². The molecule has 4 nitrogen and oxygen atoms in total. The van der Waals surface area contributed by atoms with Crippen LogP contribution in [0.5, 0.6) is 0 Å². The Kier molecular flexibility index (Phi) is 5.39. The number of nitrogens with zero attached hydrogens (tertiary/aromatic N) is 1. The van der Waals surface area contributed by atoms with Crippen molar-refractivity contribution in [1.82, 2.24) is 10.2 Å². The smallest absolute Gasteiger partial charge is 0.272 e. The molecule has 6 heteroatoms. The van der Waals surface area contributed by atoms with Gasteiger partial charge in [0.05, 0.1) is 11.1 Å². The third-order valence-electron chi connectivity index (χ3n) is 3.72. The lowest BCUT2D eigenvalue weighted by atomic mass is 9.92. The van der Waals surface area contributed by atoms with Crippen LogP contribution in [-0.4, -0.2) is 18.0 Å². The van der Waals surface area contributed by atoms with Gasteiger partial charge in [-0.3, -0.25) is 4.79 Å². The Morgan fingerprint density at radius 3 is 2.62 bits per heavy atom. The number of hydrogen-bond donors (Lipinski definition) is 2. The monoisotopic (exact) mass is 323 g/mol. The van der Waals surface area contributed by atoms with E-state index in [4.69, 9.17) is 13.6 Å². The summed E-state index contributed by atoms with van der Waals surface area (Å²) in [5, 5.41) is 7.69. The van der Waals surface area contributed by atoms with Crippen LogP contribution >= 0.6 is 0 Å². The first-order chi connectivity index (χ1) is 11.5. The van der Waals surface area contributed by atoms with E-state index in [9.17, 15) is 9.18 Å². The van der Waals surface area contributed by atoms with Crippen molar-refractivity contribution in [3.63, 3.8) is 0 Å². The van der Waals surface area contributed by atoms with Gasteiger partial charge >= 0.3 is 0 Å². The summed E-state index contributed by atoms with van der Waals surface area (Å²) in [5.41, 5.74) is 8.73. The van der Waals surface area contributed by atoms with Crippen LogP contribution in [0.4, 0.5) is 10.1 Å². The summed E-state index contributed by atoms with van der Waals surface area (Å²) in [4.78, 5) is 11.9. The number of aromatic amines is 1. The SMILES string of the molecule is CC.[B]c1cc(Cc2n[nH]c(=O)c3ccc(C)c(N)c23)ccc1F. The minimum absolute atomic E-state index is 0.0791. The predicted molar refractivity (Wildman–Crippen MR) is 97.5 cm³/mol. The largest absolute Gasteiger partial charge is 0.398 e. The Labute approximate surface area is 141 Å². The van der Waals surface area contributed by atoms with E-state index in [1.165, 1.54) is 6.07 Å². The number of anilines is 1. The van der Waals surface area contributed by atoms with Crippen LogP contribution in [0.15, 0.2) is 35.1 Å². The molecule has 0 saturated heterocycles. The predicted octanol–water partition coefficient (Wildman–Crippen LogP) is 2.36. The van der Waals surface area contributed by atoms with Crippen LogP contribution in [0, 0.1) is 12.7 Å². The highest BCUT2D eigenvalue weighted by Gasteiger charge is 2.12. The molecule has 0 fully saturated rings. The molecule has 0 spiro atoms. The molecule has 0 aliphatic rings. The molecule has 0 aliphatic carbocycles. The highest BCUT2D eigenvalue weighted by molar-refractivity contribution is 6.32. The minimum atomic E-state index is -0.460. The van der Waals surface area contributed by atoms with Crippen LogP contribution in [0.25, 0.3) is 10.8 Å². The summed E-state index contributed by atoms with van der Waals surface area (Å²) < 4.78 is 13.3. The van der Waals surface area contributed by atoms with Crippen LogP contribution in [0.2, 0.25) is 0 Å². The maximum atomic E-state index is 13.3. The van der Waals surface area contributed by atoms with Gasteiger partial charge in [-0.15, -0.1) is 0 Å². The summed E-state index contributed by atoms with van der Waals surface area (Å²) in [6, 6.07) is 8.03. The van der Waals surface area contributed by atoms with Crippen molar-refractivity contribution >= 4 is 29.8 Å². The number of rotatable bonds is 2. The first kappa shape index (κ1) is 17.7. The average Bonchev–Trinajstić information content (AvgIpc) is 2.58. The van der Waals surface area contributed by atoms with Crippen molar-refractivity contribution in [2.24, 2.45) is 0 Å². The van der Waals surface area contributed by atoms with E-state index < -0.39 is 5.82 Å². The van der Waals surface area contributed by atoms with E-state index in [1.807, 2.05) is 20.8 Å². The van der Waals surface area contributed by atoms with Crippen molar-refractivity contribution in [2.45, 2.75) is 27.2 Å². The summed E-state index contributed by atoms with van der Waals surface area (Å²) in [6.07, 6.45) is 0.394. The van der Waals surface area contributed by atoms with Crippen molar-refractivity contribution in [3.8, 4) is 0 Å². The molecule has 3 rings (SSSR count). The van der Waals surface area contributed by atoms with Gasteiger partial charge in [-0.25, -0.2) is 9.49 Å². The third kappa shape index (κ3) is 3.32. The van der Waals surface area contributed by atoms with Crippen molar-refractivity contribution in [3.05, 3.63) is 63.3 Å². The molecule has 0 unspecified atom stereocenters. The molecule has 1 aromatic heterocycles. The average molecular weight is 323 g/mol. The Balaban J connectivity index is 0.00000100. The molecule has 0 saturated carbocycles. The molecule has 3 aromatic rings. The first-order valence-corrected chi connectivity index (χ1v) is 7.77. The maximum Gasteiger partial charge on any atom is 0.272 e.